The summed E-state index contributed by atoms with van der Waals surface area (Å²) >= 11 is 0. The second kappa shape index (κ2) is 6.66. The molecule has 5 heteroatoms. The van der Waals surface area contributed by atoms with Crippen LogP contribution in [-0.2, 0) is 10.4 Å². The van der Waals surface area contributed by atoms with E-state index in [1.54, 1.807) is 0 Å². The Balaban J connectivity index is 3.14. The van der Waals surface area contributed by atoms with E-state index in [4.69, 9.17) is 15.2 Å². The van der Waals surface area contributed by atoms with Crippen molar-refractivity contribution in [2.24, 2.45) is 5.73 Å². The van der Waals surface area contributed by atoms with Crippen molar-refractivity contribution in [2.45, 2.75) is 18.5 Å². The largest absolute Gasteiger partial charge is 0.496 e. The van der Waals surface area contributed by atoms with Crippen LogP contribution in [0.2, 0.25) is 0 Å². The molecule has 0 fully saturated rings. The van der Waals surface area contributed by atoms with Crippen LogP contribution in [0.1, 0.15) is 18.4 Å². The van der Waals surface area contributed by atoms with Gasteiger partial charge < -0.3 is 15.2 Å². The number of halogens is 2. The fraction of sp³-hybridized carbons (Fsp3) is 0.538. The summed E-state index contributed by atoms with van der Waals surface area (Å²) in [7, 11) is 2.83. The summed E-state index contributed by atoms with van der Waals surface area (Å²) in [6, 6.07) is 3.80. The zero-order valence-corrected chi connectivity index (χ0v) is 10.7. The van der Waals surface area contributed by atoms with Gasteiger partial charge in [-0.1, -0.05) is 0 Å². The van der Waals surface area contributed by atoms with Gasteiger partial charge in [-0.15, -0.1) is 0 Å². The van der Waals surface area contributed by atoms with Gasteiger partial charge in [-0.2, -0.15) is 0 Å². The Labute approximate surface area is 106 Å². The molecule has 0 saturated carbocycles. The van der Waals surface area contributed by atoms with Crippen molar-refractivity contribution >= 4 is 0 Å². The number of rotatable bonds is 7. The smallest absolute Gasteiger partial charge is 0.162 e. The van der Waals surface area contributed by atoms with E-state index in [-0.39, 0.29) is 18.6 Å². The number of benzene rings is 1. The molecule has 18 heavy (non-hydrogen) atoms. The maximum absolute atomic E-state index is 14.9. The molecule has 1 aromatic rings. The van der Waals surface area contributed by atoms with Crippen LogP contribution in [0.3, 0.4) is 0 Å². The lowest BCUT2D eigenvalue weighted by Gasteiger charge is -2.26. The average Bonchev–Trinajstić information content (AvgIpc) is 2.36. The van der Waals surface area contributed by atoms with E-state index in [1.807, 2.05) is 0 Å². The summed E-state index contributed by atoms with van der Waals surface area (Å²) in [5.74, 6) is -0.190. The Kier molecular flexibility index (Phi) is 5.50. The minimum Gasteiger partial charge on any atom is -0.496 e. The summed E-state index contributed by atoms with van der Waals surface area (Å²) in [4.78, 5) is 0. The third-order valence-electron chi connectivity index (χ3n) is 2.79. The van der Waals surface area contributed by atoms with Crippen molar-refractivity contribution in [3.8, 4) is 5.75 Å². The second-order valence-electron chi connectivity index (χ2n) is 4.14. The van der Waals surface area contributed by atoms with Gasteiger partial charge in [-0.25, -0.2) is 8.78 Å². The van der Waals surface area contributed by atoms with Gasteiger partial charge in [-0.05, 0) is 37.6 Å². The van der Waals surface area contributed by atoms with Crippen molar-refractivity contribution in [1.29, 1.82) is 0 Å². The average molecular weight is 259 g/mol. The highest BCUT2D eigenvalue weighted by atomic mass is 19.1. The summed E-state index contributed by atoms with van der Waals surface area (Å²) in [5.41, 5.74) is 3.77. The number of hydrogen-bond donors (Lipinski definition) is 1. The van der Waals surface area contributed by atoms with E-state index in [9.17, 15) is 8.78 Å². The van der Waals surface area contributed by atoms with Crippen LogP contribution < -0.4 is 10.5 Å². The SMILES string of the molecule is COCC(F)(CCCN)c1cc(F)ccc1OC. The Morgan fingerprint density at radius 2 is 2.06 bits per heavy atom. The number of methoxy groups -OCH3 is 2. The molecule has 1 atom stereocenters. The predicted molar refractivity (Wildman–Crippen MR) is 65.9 cm³/mol. The maximum Gasteiger partial charge on any atom is 0.162 e. The van der Waals surface area contributed by atoms with Gasteiger partial charge in [0.25, 0.3) is 0 Å². The van der Waals surface area contributed by atoms with Crippen molar-refractivity contribution < 1.29 is 18.3 Å². The quantitative estimate of drug-likeness (QED) is 0.817. The van der Waals surface area contributed by atoms with Crippen LogP contribution >= 0.6 is 0 Å². The van der Waals surface area contributed by atoms with Gasteiger partial charge in [0.2, 0.25) is 0 Å². The molecule has 0 bridgehead atoms. The molecule has 102 valence electrons. The van der Waals surface area contributed by atoms with E-state index in [1.165, 1.54) is 26.4 Å². The van der Waals surface area contributed by atoms with Gasteiger partial charge in [0.1, 0.15) is 11.6 Å². The highest BCUT2D eigenvalue weighted by Gasteiger charge is 2.34. The molecular formula is C13H19F2NO2. The Morgan fingerprint density at radius 1 is 1.33 bits per heavy atom. The van der Waals surface area contributed by atoms with E-state index >= 15 is 0 Å². The van der Waals surface area contributed by atoms with Crippen LogP contribution in [0.25, 0.3) is 0 Å². The molecule has 1 unspecified atom stereocenters. The highest BCUT2D eigenvalue weighted by Crippen LogP contribution is 2.37. The van der Waals surface area contributed by atoms with Gasteiger partial charge in [0.15, 0.2) is 5.67 Å². The van der Waals surface area contributed by atoms with E-state index in [0.29, 0.717) is 18.7 Å². The first-order valence-corrected chi connectivity index (χ1v) is 5.79. The monoisotopic (exact) mass is 259 g/mol. The molecule has 3 nitrogen and oxygen atoms in total. The molecule has 0 radical (unpaired) electrons. The summed E-state index contributed by atoms with van der Waals surface area (Å²) in [6.45, 7) is 0.208. The second-order valence-corrected chi connectivity index (χ2v) is 4.14. The van der Waals surface area contributed by atoms with Gasteiger partial charge in [0, 0.05) is 12.7 Å². The minimum atomic E-state index is -1.79. The third kappa shape index (κ3) is 3.40. The Hall–Kier alpha value is -1.20. The molecule has 2 N–H and O–H groups in total. The predicted octanol–water partition coefficient (Wildman–Crippen LogP) is 2.38. The number of nitrogens with two attached hydrogens (primary N) is 1. The lowest BCUT2D eigenvalue weighted by Crippen LogP contribution is -2.28. The molecule has 0 aliphatic rings. The topological polar surface area (TPSA) is 44.5 Å². The molecular weight excluding hydrogens is 240 g/mol. The molecule has 0 aliphatic carbocycles. The molecule has 0 heterocycles. The van der Waals surface area contributed by atoms with Crippen molar-refractivity contribution in [1.82, 2.24) is 0 Å². The zero-order valence-electron chi connectivity index (χ0n) is 10.7. The summed E-state index contributed by atoms with van der Waals surface area (Å²) in [5, 5.41) is 0. The summed E-state index contributed by atoms with van der Waals surface area (Å²) < 4.78 is 38.2. The highest BCUT2D eigenvalue weighted by molar-refractivity contribution is 5.38. The van der Waals surface area contributed by atoms with Crippen LogP contribution in [0.4, 0.5) is 8.78 Å². The fourth-order valence-electron chi connectivity index (χ4n) is 1.93. The standard InChI is InChI=1S/C13H19F2NO2/c1-17-9-13(15,6-3-7-16)11-8-10(14)4-5-12(11)18-2/h4-5,8H,3,6-7,9,16H2,1-2H3. The first-order valence-electron chi connectivity index (χ1n) is 5.79. The van der Waals surface area contributed by atoms with E-state index in [2.05, 4.69) is 0 Å². The lowest BCUT2D eigenvalue weighted by molar-refractivity contribution is 0.0284. The van der Waals surface area contributed by atoms with Crippen LogP contribution in [0, 0.1) is 5.82 Å². The number of ether oxygens (including phenoxy) is 2. The van der Waals surface area contributed by atoms with Crippen LogP contribution in [-0.4, -0.2) is 27.4 Å². The van der Waals surface area contributed by atoms with Crippen LogP contribution in [0.15, 0.2) is 18.2 Å². The Morgan fingerprint density at radius 3 is 2.61 bits per heavy atom. The first-order chi connectivity index (χ1) is 8.57. The minimum absolute atomic E-state index is 0.160. The van der Waals surface area contributed by atoms with Crippen molar-refractivity contribution in [2.75, 3.05) is 27.4 Å². The van der Waals surface area contributed by atoms with Gasteiger partial charge in [-0.3, -0.25) is 0 Å². The molecule has 1 aromatic carbocycles. The van der Waals surface area contributed by atoms with Gasteiger partial charge >= 0.3 is 0 Å². The molecule has 1 rings (SSSR count). The van der Waals surface area contributed by atoms with Gasteiger partial charge in [0.05, 0.1) is 13.7 Å². The molecule has 0 amide bonds. The first kappa shape index (κ1) is 14.9. The number of alkyl halides is 1. The summed E-state index contributed by atoms with van der Waals surface area (Å²) in [6.07, 6.45) is 0.649. The maximum atomic E-state index is 14.9. The third-order valence-corrected chi connectivity index (χ3v) is 2.79. The van der Waals surface area contributed by atoms with E-state index < -0.39 is 11.5 Å². The molecule has 0 aromatic heterocycles. The molecule has 0 spiro atoms. The zero-order chi connectivity index (χ0) is 13.6. The molecule has 0 aliphatic heterocycles. The lowest BCUT2D eigenvalue weighted by atomic mass is 9.90. The Bertz CT molecular complexity index is 387. The molecule has 0 saturated heterocycles. The van der Waals surface area contributed by atoms with Crippen LogP contribution in [0.5, 0.6) is 5.75 Å². The van der Waals surface area contributed by atoms with Crippen molar-refractivity contribution in [3.05, 3.63) is 29.6 Å². The fourth-order valence-corrected chi connectivity index (χ4v) is 1.93. The number of hydrogen-bond acceptors (Lipinski definition) is 3. The van der Waals surface area contributed by atoms with E-state index in [0.717, 1.165) is 6.07 Å². The normalized spacial score (nSPS) is 14.3. The van der Waals surface area contributed by atoms with Crippen molar-refractivity contribution in [3.63, 3.8) is 0 Å².